The number of amides is 4. The number of hydrogen-bond acceptors (Lipinski definition) is 13. The van der Waals surface area contributed by atoms with E-state index in [0.717, 1.165) is 22.5 Å². The molecule has 7 rings (SSSR count). The van der Waals surface area contributed by atoms with E-state index in [9.17, 15) is 36.7 Å². The SMILES string of the molecule is CC(C)(C)N1C(=O)C=CC1=O.CC(C)(C)ON1C(=O)CCC1=O.CC(C)(C)On1nnc2cccnc21.CC(C)(C)Sc1ccccn1.CC(C)(C)n1ccnc1.Cc1c(F)c(F)c(OC(C)(C)C)c(F)c1F. The number of carbonyl (C=O) groups excluding carboxylic acids is 4. The number of ether oxygens (including phenoxy) is 1. The largest absolute Gasteiger partial charge is 0.482 e. The van der Waals surface area contributed by atoms with Gasteiger partial charge < -0.3 is 14.1 Å². The number of pyridine rings is 2. The fourth-order valence-electron chi connectivity index (χ4n) is 5.55. The Morgan fingerprint density at radius 1 is 0.603 bits per heavy atom. The molecule has 402 valence electrons. The third-order valence-electron chi connectivity index (χ3n) is 8.57. The molecule has 16 nitrogen and oxygen atoms in total. The molecule has 2 aliphatic heterocycles. The van der Waals surface area contributed by atoms with Gasteiger partial charge in [0.15, 0.2) is 17.4 Å². The molecule has 6 heterocycles. The molecule has 21 heteroatoms. The number of hydrogen-bond donors (Lipinski definition) is 0. The van der Waals surface area contributed by atoms with Crippen molar-refractivity contribution < 1.29 is 51.2 Å². The van der Waals surface area contributed by atoms with Crippen LogP contribution in [0.1, 0.15) is 143 Å². The van der Waals surface area contributed by atoms with Crippen molar-refractivity contribution in [3.63, 3.8) is 0 Å². The van der Waals surface area contributed by atoms with Crippen molar-refractivity contribution in [3.8, 4) is 5.75 Å². The molecule has 0 N–H and O–H groups in total. The lowest BCUT2D eigenvalue weighted by molar-refractivity contribution is -0.218. The smallest absolute Gasteiger partial charge is 0.254 e. The summed E-state index contributed by atoms with van der Waals surface area (Å²) in [6.07, 6.45) is 12.3. The number of aromatic nitrogens is 7. The average molecular weight is 1040 g/mol. The first-order valence-electron chi connectivity index (χ1n) is 23.3. The molecule has 0 saturated carbocycles. The predicted molar refractivity (Wildman–Crippen MR) is 273 cm³/mol. The summed E-state index contributed by atoms with van der Waals surface area (Å²) in [6.45, 7) is 35.2. The highest BCUT2D eigenvalue weighted by atomic mass is 32.2. The quantitative estimate of drug-likeness (QED) is 0.0720. The van der Waals surface area contributed by atoms with Crippen molar-refractivity contribution in [2.24, 2.45) is 0 Å². The van der Waals surface area contributed by atoms with Crippen molar-refractivity contribution in [1.82, 2.24) is 44.6 Å². The van der Waals surface area contributed by atoms with Crippen LogP contribution in [-0.4, -0.2) is 95.4 Å². The van der Waals surface area contributed by atoms with Gasteiger partial charge in [0.05, 0.1) is 17.0 Å². The van der Waals surface area contributed by atoms with Crippen molar-refractivity contribution in [2.75, 3.05) is 0 Å². The molecule has 0 radical (unpaired) electrons. The lowest BCUT2D eigenvalue weighted by Gasteiger charge is -2.29. The first-order chi connectivity index (χ1) is 33.2. The lowest BCUT2D eigenvalue weighted by atomic mass is 10.1. The Morgan fingerprint density at radius 2 is 1.12 bits per heavy atom. The van der Waals surface area contributed by atoms with E-state index in [4.69, 9.17) is 14.4 Å². The maximum Gasteiger partial charge on any atom is 0.254 e. The molecule has 4 amide bonds. The van der Waals surface area contributed by atoms with Crippen molar-refractivity contribution in [1.29, 1.82) is 0 Å². The van der Waals surface area contributed by atoms with Crippen molar-refractivity contribution >= 4 is 46.6 Å². The average Bonchev–Trinajstić information content (AvgIpc) is 4.07. The second kappa shape index (κ2) is 25.6. The highest BCUT2D eigenvalue weighted by molar-refractivity contribution is 8.00. The predicted octanol–water partition coefficient (Wildman–Crippen LogP) is 11.0. The highest BCUT2D eigenvalue weighted by Crippen LogP contribution is 2.32. The molecule has 2 aliphatic rings. The topological polar surface area (TPSA) is 177 Å². The molecule has 0 atom stereocenters. The van der Waals surface area contributed by atoms with Crippen molar-refractivity contribution in [3.05, 3.63) is 102 Å². The normalized spacial score (nSPS) is 14.0. The summed E-state index contributed by atoms with van der Waals surface area (Å²) in [4.78, 5) is 69.8. The number of carbonyl (C=O) groups is 4. The summed E-state index contributed by atoms with van der Waals surface area (Å²) >= 11 is 1.79. The number of benzene rings is 1. The van der Waals surface area contributed by atoms with Gasteiger partial charge in [-0.05, 0) is 140 Å². The zero-order valence-corrected chi connectivity index (χ0v) is 46.5. The number of imidazole rings is 1. The van der Waals surface area contributed by atoms with E-state index >= 15 is 0 Å². The standard InChI is InChI=1S/C11H12F4O.C9H12N4O.C9H13NS.C8H13NO3.C8H11NO2.C7H12N2/c1-5-6(12)8(14)10(9(15)7(5)13)16-11(2,3)4;1-9(2,3)14-13-8-7(11-12-13)5-4-6-10-8;1-9(2,3)11-8-6-4-5-7-10-8;1-8(2,3)12-9-6(10)4-5-7(9)11;1-8(2,3)9-6(10)4-5-7(9)11;1-7(2,3)9-5-4-8-6-9/h1-4H3;4-6H,1-3H3;4-7H,1-3H3;4-5H2,1-3H3;4-5H,1-3H3;4-6H,1-3H3. The van der Waals surface area contributed by atoms with E-state index in [0.29, 0.717) is 5.65 Å². The Hall–Kier alpha value is -6.22. The molecule has 0 bridgehead atoms. The Bertz CT molecular complexity index is 2580. The highest BCUT2D eigenvalue weighted by Gasteiger charge is 2.34. The maximum absolute atomic E-state index is 13.3. The third kappa shape index (κ3) is 21.8. The molecule has 4 aromatic heterocycles. The Morgan fingerprint density at radius 3 is 1.51 bits per heavy atom. The number of fused-ring (bicyclic) bond motifs is 1. The summed E-state index contributed by atoms with van der Waals surface area (Å²) in [5.74, 6) is -7.82. The second-order valence-electron chi connectivity index (χ2n) is 22.3. The minimum absolute atomic E-state index is 0.177. The fourth-order valence-corrected chi connectivity index (χ4v) is 6.44. The Balaban J connectivity index is 0.000000303. The van der Waals surface area contributed by atoms with Crippen LogP contribution in [0.15, 0.2) is 78.6 Å². The lowest BCUT2D eigenvalue weighted by Crippen LogP contribution is -2.45. The molecular formula is C52H73F4N9O7S. The number of thioether (sulfide) groups is 1. The molecule has 0 aliphatic carbocycles. The van der Waals surface area contributed by atoms with E-state index in [1.807, 2.05) is 90.6 Å². The molecule has 0 unspecified atom stereocenters. The zero-order chi connectivity index (χ0) is 56.1. The molecule has 1 aromatic carbocycles. The molecule has 0 spiro atoms. The van der Waals surface area contributed by atoms with E-state index in [1.54, 1.807) is 44.9 Å². The number of rotatable bonds is 4. The van der Waals surface area contributed by atoms with E-state index in [2.05, 4.69) is 71.4 Å². The van der Waals surface area contributed by atoms with Crippen LogP contribution in [0.4, 0.5) is 17.6 Å². The number of imide groups is 2. The van der Waals surface area contributed by atoms with Gasteiger partial charge in [0.2, 0.25) is 17.3 Å². The van der Waals surface area contributed by atoms with Crippen molar-refractivity contribution in [2.45, 2.75) is 182 Å². The van der Waals surface area contributed by atoms with Gasteiger partial charge in [-0.25, -0.2) is 23.7 Å². The van der Waals surface area contributed by atoms with Crippen LogP contribution < -0.4 is 9.57 Å². The second-order valence-corrected chi connectivity index (χ2v) is 24.1. The molecule has 1 saturated heterocycles. The monoisotopic (exact) mass is 1040 g/mol. The molecular weight excluding hydrogens is 971 g/mol. The summed E-state index contributed by atoms with van der Waals surface area (Å²) in [5.41, 5.74) is -1.30. The zero-order valence-electron chi connectivity index (χ0n) is 45.6. The van der Waals surface area contributed by atoms with Gasteiger partial charge in [-0.1, -0.05) is 31.7 Å². The maximum atomic E-state index is 13.3. The molecule has 1 fully saturated rings. The van der Waals surface area contributed by atoms with Gasteiger partial charge in [-0.3, -0.25) is 28.9 Å². The van der Waals surface area contributed by atoms with Gasteiger partial charge >= 0.3 is 0 Å². The van der Waals surface area contributed by atoms with Crippen LogP contribution in [0.5, 0.6) is 5.75 Å². The van der Waals surface area contributed by atoms with E-state index < -0.39 is 51.3 Å². The van der Waals surface area contributed by atoms with Crippen LogP contribution in [0.2, 0.25) is 0 Å². The summed E-state index contributed by atoms with van der Waals surface area (Å²) in [7, 11) is 0. The summed E-state index contributed by atoms with van der Waals surface area (Å²) in [6, 6.07) is 9.65. The third-order valence-corrected chi connectivity index (χ3v) is 9.63. The minimum Gasteiger partial charge on any atom is -0.482 e. The number of nitrogens with zero attached hydrogens (tertiary/aromatic N) is 9. The van der Waals surface area contributed by atoms with Crippen LogP contribution in [0, 0.1) is 30.2 Å². The first kappa shape index (κ1) is 62.9. The first-order valence-corrected chi connectivity index (χ1v) is 24.1. The van der Waals surface area contributed by atoms with Gasteiger partial charge in [0.25, 0.3) is 23.6 Å². The van der Waals surface area contributed by atoms with Gasteiger partial charge in [-0.2, -0.15) is 13.8 Å². The number of hydroxylamine groups is 2. The van der Waals surface area contributed by atoms with E-state index in [-0.39, 0.29) is 52.4 Å². The summed E-state index contributed by atoms with van der Waals surface area (Å²) in [5, 5.41) is 9.76. The molecule has 73 heavy (non-hydrogen) atoms. The van der Waals surface area contributed by atoms with Gasteiger partial charge in [0.1, 0.15) is 16.7 Å². The van der Waals surface area contributed by atoms with E-state index in [1.165, 1.54) is 42.7 Å². The van der Waals surface area contributed by atoms with Crippen LogP contribution in [-0.2, 0) is 29.6 Å². The Labute approximate surface area is 431 Å². The Kier molecular flexibility index (Phi) is 22.1. The van der Waals surface area contributed by atoms with Gasteiger partial charge in [-0.15, -0.1) is 16.9 Å². The van der Waals surface area contributed by atoms with Crippen LogP contribution in [0.25, 0.3) is 11.2 Å². The van der Waals surface area contributed by atoms with Crippen LogP contribution in [0.3, 0.4) is 0 Å². The fraction of sp³-hybridized carbons (Fsp3) is 0.519. The minimum atomic E-state index is -1.51. The van der Waals surface area contributed by atoms with Crippen LogP contribution >= 0.6 is 11.8 Å². The van der Waals surface area contributed by atoms with Gasteiger partial charge in [0, 0.05) is 71.2 Å². The molecule has 5 aromatic rings. The number of halogens is 4. The summed E-state index contributed by atoms with van der Waals surface area (Å²) < 4.78 is 60.1.